The van der Waals surface area contributed by atoms with Crippen molar-refractivity contribution in [3.05, 3.63) is 41.7 Å². The van der Waals surface area contributed by atoms with E-state index in [1.165, 1.54) is 7.11 Å². The van der Waals surface area contributed by atoms with Crippen molar-refractivity contribution < 1.29 is 18.8 Å². The zero-order valence-corrected chi connectivity index (χ0v) is 12.4. The van der Waals surface area contributed by atoms with E-state index in [9.17, 15) is 9.59 Å². The highest BCUT2D eigenvalue weighted by atomic mass is 16.5. The van der Waals surface area contributed by atoms with Gasteiger partial charge < -0.3 is 19.9 Å². The summed E-state index contributed by atoms with van der Waals surface area (Å²) < 4.78 is 9.59. The predicted molar refractivity (Wildman–Crippen MR) is 80.8 cm³/mol. The van der Waals surface area contributed by atoms with E-state index < -0.39 is 5.97 Å². The smallest absolute Gasteiger partial charge is 0.339 e. The molecule has 7 heteroatoms. The molecule has 2 aromatic rings. The maximum Gasteiger partial charge on any atom is 0.339 e. The normalized spacial score (nSPS) is 10.1. The molecule has 1 heterocycles. The molecule has 1 aromatic carbocycles. The maximum absolute atomic E-state index is 11.9. The molecule has 0 atom stereocenters. The Bertz CT molecular complexity index is 666. The van der Waals surface area contributed by atoms with Crippen molar-refractivity contribution in [2.45, 2.75) is 13.3 Å². The number of methoxy groups -OCH3 is 1. The van der Waals surface area contributed by atoms with Crippen molar-refractivity contribution in [3.8, 4) is 0 Å². The summed E-state index contributed by atoms with van der Waals surface area (Å²) in [5.41, 5.74) is 0.745. The van der Waals surface area contributed by atoms with Gasteiger partial charge in [-0.2, -0.15) is 0 Å². The largest absolute Gasteiger partial charge is 0.465 e. The third-order valence-corrected chi connectivity index (χ3v) is 2.89. The van der Waals surface area contributed by atoms with Crippen molar-refractivity contribution in [2.24, 2.45) is 0 Å². The molecule has 0 unspecified atom stereocenters. The third-order valence-electron chi connectivity index (χ3n) is 2.89. The second kappa shape index (κ2) is 7.26. The Hall–Kier alpha value is -2.83. The highest BCUT2D eigenvalue weighted by molar-refractivity contribution is 6.01. The minimum Gasteiger partial charge on any atom is -0.465 e. The number of carbonyl (C=O) groups excluding carboxylic acids is 2. The molecular weight excluding hydrogens is 286 g/mol. The van der Waals surface area contributed by atoms with Gasteiger partial charge in [0, 0.05) is 19.0 Å². The lowest BCUT2D eigenvalue weighted by Crippen LogP contribution is -2.18. The number of amides is 1. The van der Waals surface area contributed by atoms with E-state index in [4.69, 9.17) is 4.52 Å². The topological polar surface area (TPSA) is 93.5 Å². The van der Waals surface area contributed by atoms with Gasteiger partial charge in [0.15, 0.2) is 5.82 Å². The minimum atomic E-state index is -0.493. The fourth-order valence-corrected chi connectivity index (χ4v) is 1.85. The molecule has 0 saturated heterocycles. The number of nitrogens with zero attached hydrogens (tertiary/aromatic N) is 1. The van der Waals surface area contributed by atoms with Crippen LogP contribution < -0.4 is 10.6 Å². The molecule has 0 bridgehead atoms. The Morgan fingerprint density at radius 3 is 2.77 bits per heavy atom. The van der Waals surface area contributed by atoms with Crippen LogP contribution in [0.3, 0.4) is 0 Å². The molecule has 7 nitrogen and oxygen atoms in total. The summed E-state index contributed by atoms with van der Waals surface area (Å²) in [6.07, 6.45) is 0.224. The molecule has 0 aliphatic heterocycles. The molecular formula is C15H17N3O4. The van der Waals surface area contributed by atoms with Crippen LogP contribution in [-0.4, -0.2) is 30.7 Å². The number of esters is 1. The first-order valence-corrected chi connectivity index (χ1v) is 6.74. The quantitative estimate of drug-likeness (QED) is 0.795. The van der Waals surface area contributed by atoms with Crippen LogP contribution in [0.25, 0.3) is 0 Å². The Kier molecular flexibility index (Phi) is 5.13. The van der Waals surface area contributed by atoms with E-state index in [1.54, 1.807) is 37.3 Å². The van der Waals surface area contributed by atoms with Crippen LogP contribution in [0.4, 0.5) is 11.5 Å². The van der Waals surface area contributed by atoms with E-state index in [0.717, 1.165) is 0 Å². The maximum atomic E-state index is 11.9. The van der Waals surface area contributed by atoms with Gasteiger partial charge >= 0.3 is 5.97 Å². The summed E-state index contributed by atoms with van der Waals surface area (Å²) in [6, 6.07) is 8.43. The van der Waals surface area contributed by atoms with Gasteiger partial charge in [0.2, 0.25) is 5.91 Å². The van der Waals surface area contributed by atoms with Gasteiger partial charge in [-0.1, -0.05) is 17.3 Å². The lowest BCUT2D eigenvalue weighted by Gasteiger charge is -2.09. The number of benzene rings is 1. The van der Waals surface area contributed by atoms with Gasteiger partial charge in [0.25, 0.3) is 0 Å². The molecule has 1 aromatic heterocycles. The van der Waals surface area contributed by atoms with E-state index in [0.29, 0.717) is 29.4 Å². The van der Waals surface area contributed by atoms with E-state index in [1.807, 2.05) is 0 Å². The number of rotatable bonds is 6. The summed E-state index contributed by atoms with van der Waals surface area (Å²) in [4.78, 5) is 23.5. The minimum absolute atomic E-state index is 0.218. The number of anilines is 2. The molecule has 1 amide bonds. The number of ether oxygens (including phenoxy) is 1. The van der Waals surface area contributed by atoms with Crippen LogP contribution in [0.1, 0.15) is 22.5 Å². The highest BCUT2D eigenvalue weighted by Crippen LogP contribution is 2.16. The Morgan fingerprint density at radius 2 is 2.09 bits per heavy atom. The van der Waals surface area contributed by atoms with Crippen molar-refractivity contribution >= 4 is 23.4 Å². The third kappa shape index (κ3) is 4.08. The summed E-state index contributed by atoms with van der Waals surface area (Å²) in [5.74, 6) is 0.565. The molecule has 0 saturated carbocycles. The number of aromatic nitrogens is 1. The molecule has 0 aliphatic rings. The first-order valence-electron chi connectivity index (χ1n) is 6.74. The molecule has 0 radical (unpaired) electrons. The van der Waals surface area contributed by atoms with Crippen molar-refractivity contribution in [1.82, 2.24) is 5.16 Å². The first-order chi connectivity index (χ1) is 10.6. The fraction of sp³-hybridized carbons (Fsp3) is 0.267. The Balaban J connectivity index is 1.88. The lowest BCUT2D eigenvalue weighted by molar-refractivity contribution is -0.115. The Morgan fingerprint density at radius 1 is 1.32 bits per heavy atom. The average molecular weight is 303 g/mol. The second-order valence-corrected chi connectivity index (χ2v) is 4.58. The average Bonchev–Trinajstić information content (AvgIpc) is 2.92. The second-order valence-electron chi connectivity index (χ2n) is 4.58. The summed E-state index contributed by atoms with van der Waals surface area (Å²) in [7, 11) is 1.30. The van der Waals surface area contributed by atoms with Crippen LogP contribution in [0.2, 0.25) is 0 Å². The van der Waals surface area contributed by atoms with Crippen molar-refractivity contribution in [3.63, 3.8) is 0 Å². The number of nitrogens with one attached hydrogen (secondary N) is 2. The number of aryl methyl sites for hydroxylation is 1. The van der Waals surface area contributed by atoms with Crippen LogP contribution in [0.15, 0.2) is 34.9 Å². The molecule has 116 valence electrons. The van der Waals surface area contributed by atoms with Crippen LogP contribution in [0, 0.1) is 6.92 Å². The summed E-state index contributed by atoms with van der Waals surface area (Å²) >= 11 is 0. The van der Waals surface area contributed by atoms with Gasteiger partial charge in [0.05, 0.1) is 18.4 Å². The van der Waals surface area contributed by atoms with Gasteiger partial charge in [-0.15, -0.1) is 0 Å². The van der Waals surface area contributed by atoms with Crippen LogP contribution in [-0.2, 0) is 9.53 Å². The van der Waals surface area contributed by atoms with Gasteiger partial charge in [-0.25, -0.2) is 4.79 Å². The zero-order valence-electron chi connectivity index (χ0n) is 12.4. The summed E-state index contributed by atoms with van der Waals surface area (Å²) in [6.45, 7) is 2.19. The standard InChI is InChI=1S/C15H17N3O4/c1-10-9-13(18-22-10)16-8-7-14(19)17-12-6-4-3-5-11(12)15(20)21-2/h3-6,9H,7-8H2,1-2H3,(H,16,18)(H,17,19). The number of hydrogen-bond donors (Lipinski definition) is 2. The van der Waals surface area contributed by atoms with Crippen LogP contribution in [0.5, 0.6) is 0 Å². The number of carbonyl (C=O) groups is 2. The summed E-state index contributed by atoms with van der Waals surface area (Å²) in [5, 5.41) is 9.43. The highest BCUT2D eigenvalue weighted by Gasteiger charge is 2.13. The Labute approximate surface area is 127 Å². The van der Waals surface area contributed by atoms with E-state index in [-0.39, 0.29) is 12.3 Å². The van der Waals surface area contributed by atoms with Crippen molar-refractivity contribution in [1.29, 1.82) is 0 Å². The fourth-order valence-electron chi connectivity index (χ4n) is 1.85. The molecule has 0 spiro atoms. The lowest BCUT2D eigenvalue weighted by atomic mass is 10.1. The monoisotopic (exact) mass is 303 g/mol. The predicted octanol–water partition coefficient (Wildman–Crippen LogP) is 2.21. The van der Waals surface area contributed by atoms with E-state index >= 15 is 0 Å². The molecule has 2 rings (SSSR count). The molecule has 2 N–H and O–H groups in total. The first kappa shape index (κ1) is 15.6. The molecule has 0 fully saturated rings. The number of hydrogen-bond acceptors (Lipinski definition) is 6. The number of para-hydroxylation sites is 1. The SMILES string of the molecule is COC(=O)c1ccccc1NC(=O)CCNc1cc(C)on1. The van der Waals surface area contributed by atoms with Crippen LogP contribution >= 0.6 is 0 Å². The molecule has 22 heavy (non-hydrogen) atoms. The van der Waals surface area contributed by atoms with Gasteiger partial charge in [-0.3, -0.25) is 4.79 Å². The van der Waals surface area contributed by atoms with Gasteiger partial charge in [0.1, 0.15) is 5.76 Å². The van der Waals surface area contributed by atoms with Crippen molar-refractivity contribution in [2.75, 3.05) is 24.3 Å². The molecule has 0 aliphatic carbocycles. The van der Waals surface area contributed by atoms with E-state index in [2.05, 4.69) is 20.5 Å². The zero-order chi connectivity index (χ0) is 15.9. The van der Waals surface area contributed by atoms with Gasteiger partial charge in [-0.05, 0) is 19.1 Å².